The predicted molar refractivity (Wildman–Crippen MR) is 165 cm³/mol. The number of aliphatic hydroxyl groups excluding tert-OH is 2. The molecule has 0 fully saturated rings. The lowest BCUT2D eigenvalue weighted by Gasteiger charge is -2.33. The van der Waals surface area contributed by atoms with E-state index in [-0.39, 0.29) is 34.9 Å². The van der Waals surface area contributed by atoms with Gasteiger partial charge in [0, 0.05) is 36.7 Å². The molecule has 2 aromatic rings. The predicted octanol–water partition coefficient (Wildman–Crippen LogP) is 2.37. The number of nitrogens with one attached hydrogen (secondary N) is 2. The van der Waals surface area contributed by atoms with Gasteiger partial charge in [-0.25, -0.2) is 0 Å². The van der Waals surface area contributed by atoms with Crippen LogP contribution in [0.15, 0.2) is 48.5 Å². The van der Waals surface area contributed by atoms with E-state index >= 15 is 0 Å². The number of rotatable bonds is 17. The number of nitrogens with zero attached hydrogens (tertiary/aromatic N) is 1. The van der Waals surface area contributed by atoms with Crippen molar-refractivity contribution in [1.82, 2.24) is 15.5 Å². The van der Waals surface area contributed by atoms with Crippen molar-refractivity contribution in [2.45, 2.75) is 70.7 Å². The summed E-state index contributed by atoms with van der Waals surface area (Å²) in [6.07, 6.45) is 1.11. The van der Waals surface area contributed by atoms with Crippen molar-refractivity contribution in [3.8, 4) is 0 Å². The highest BCUT2D eigenvalue weighted by Crippen LogP contribution is 2.18. The molecule has 0 saturated carbocycles. The Balaban J connectivity index is 2.45. The Hall–Kier alpha value is -3.41. The third kappa shape index (κ3) is 10.5. The highest BCUT2D eigenvalue weighted by molar-refractivity contribution is 7.98. The number of nitrogens with two attached hydrogens (primary N) is 1. The zero-order valence-electron chi connectivity index (χ0n) is 24.8. The monoisotopic (exact) mass is 600 g/mol. The number of carbonyl (C=O) groups is 4. The molecule has 2 rings (SSSR count). The van der Waals surface area contributed by atoms with Crippen LogP contribution < -0.4 is 16.4 Å². The minimum atomic E-state index is -1.46. The number of hydrogen-bond donors (Lipinski definition) is 5. The summed E-state index contributed by atoms with van der Waals surface area (Å²) in [5.41, 5.74) is 6.51. The van der Waals surface area contributed by atoms with Crippen LogP contribution in [0.4, 0.5) is 0 Å². The van der Waals surface area contributed by atoms with Gasteiger partial charge in [0.2, 0.25) is 11.8 Å². The van der Waals surface area contributed by atoms with Gasteiger partial charge in [-0.2, -0.15) is 11.8 Å². The quantitative estimate of drug-likeness (QED) is 0.186. The lowest BCUT2D eigenvalue weighted by atomic mass is 9.92. The molecule has 0 spiro atoms. The number of benzene rings is 2. The first kappa shape index (κ1) is 34.8. The third-order valence-electron chi connectivity index (χ3n) is 6.81. The number of primary amides is 1. The van der Waals surface area contributed by atoms with Gasteiger partial charge in [0.15, 0.2) is 0 Å². The van der Waals surface area contributed by atoms with E-state index < -0.39 is 36.1 Å². The Morgan fingerprint density at radius 3 is 2.00 bits per heavy atom. The van der Waals surface area contributed by atoms with E-state index in [2.05, 4.69) is 10.6 Å². The molecule has 0 aromatic heterocycles. The first-order chi connectivity index (χ1) is 20.0. The largest absolute Gasteiger partial charge is 0.388 e. The topological polar surface area (TPSA) is 162 Å². The second-order valence-corrected chi connectivity index (χ2v) is 11.3. The van der Waals surface area contributed by atoms with Crippen molar-refractivity contribution in [1.29, 1.82) is 0 Å². The van der Waals surface area contributed by atoms with Crippen LogP contribution in [0.3, 0.4) is 0 Å². The van der Waals surface area contributed by atoms with Gasteiger partial charge in [-0.3, -0.25) is 19.2 Å². The third-order valence-corrected chi connectivity index (χ3v) is 7.46. The van der Waals surface area contributed by atoms with E-state index in [4.69, 9.17) is 5.73 Å². The van der Waals surface area contributed by atoms with E-state index in [1.54, 1.807) is 4.90 Å². The van der Waals surface area contributed by atoms with Gasteiger partial charge in [0.1, 0.15) is 12.2 Å². The number of amides is 4. The van der Waals surface area contributed by atoms with Crippen molar-refractivity contribution in [2.24, 2.45) is 5.73 Å². The maximum Gasteiger partial charge on any atom is 0.253 e. The van der Waals surface area contributed by atoms with Gasteiger partial charge < -0.3 is 31.5 Å². The molecular weight excluding hydrogens is 556 g/mol. The van der Waals surface area contributed by atoms with Crippen molar-refractivity contribution in [3.63, 3.8) is 0 Å². The van der Waals surface area contributed by atoms with E-state index in [1.807, 2.05) is 50.4 Å². The Morgan fingerprint density at radius 1 is 0.881 bits per heavy atom. The lowest BCUT2D eigenvalue weighted by Crippen LogP contribution is -2.56. The first-order valence-corrected chi connectivity index (χ1v) is 15.6. The molecule has 0 bridgehead atoms. The summed E-state index contributed by atoms with van der Waals surface area (Å²) >= 11 is 1.54. The Morgan fingerprint density at radius 2 is 1.45 bits per heavy atom. The van der Waals surface area contributed by atoms with E-state index in [0.717, 1.165) is 18.4 Å². The van der Waals surface area contributed by atoms with Crippen LogP contribution in [-0.4, -0.2) is 88.1 Å². The van der Waals surface area contributed by atoms with Crippen LogP contribution in [0.1, 0.15) is 76.7 Å². The number of aliphatic hydroxyl groups is 2. The molecule has 230 valence electrons. The molecule has 10 nitrogen and oxygen atoms in total. The van der Waals surface area contributed by atoms with Crippen LogP contribution >= 0.6 is 11.8 Å². The Labute approximate surface area is 252 Å². The van der Waals surface area contributed by atoms with Crippen LogP contribution in [0, 0.1) is 0 Å². The smallest absolute Gasteiger partial charge is 0.253 e. The summed E-state index contributed by atoms with van der Waals surface area (Å²) in [6, 6.07) is 11.5. The maximum absolute atomic E-state index is 13.6. The van der Waals surface area contributed by atoms with Crippen LogP contribution in [-0.2, 0) is 11.2 Å². The van der Waals surface area contributed by atoms with Gasteiger partial charge in [0.05, 0.1) is 12.1 Å². The summed E-state index contributed by atoms with van der Waals surface area (Å²) in [5, 5.41) is 28.0. The zero-order valence-corrected chi connectivity index (χ0v) is 25.7. The summed E-state index contributed by atoms with van der Waals surface area (Å²) in [5.74, 6) is -1.49. The molecule has 42 heavy (non-hydrogen) atoms. The molecule has 0 saturated heterocycles. The molecule has 6 N–H and O–H groups in total. The standard InChI is InChI=1S/C31H44N4O6S/c1-5-13-35(14-6-2)31(41)24-18-22(29(32)39)17-23(19-24)30(40)34-26(16-21-10-8-7-9-11-21)28(38)27(37)25(12-15-42-4)33-20(3)36/h7-11,17-19,25-28,37-38H,5-6,12-16H2,1-4H3,(H2,32,39)(H,33,36)(H,34,40). The van der Waals surface area contributed by atoms with Crippen LogP contribution in [0.25, 0.3) is 0 Å². The average Bonchev–Trinajstić information content (AvgIpc) is 2.97. The lowest BCUT2D eigenvalue weighted by molar-refractivity contribution is -0.121. The molecule has 0 aliphatic rings. The van der Waals surface area contributed by atoms with Gasteiger partial charge >= 0.3 is 0 Å². The maximum atomic E-state index is 13.6. The van der Waals surface area contributed by atoms with Crippen molar-refractivity contribution < 1.29 is 29.4 Å². The summed E-state index contributed by atoms with van der Waals surface area (Å²) in [6.45, 7) is 6.29. The minimum absolute atomic E-state index is 0.00178. The summed E-state index contributed by atoms with van der Waals surface area (Å²) in [4.78, 5) is 52.6. The molecule has 11 heteroatoms. The van der Waals surface area contributed by atoms with E-state index in [1.165, 1.54) is 36.9 Å². The molecule has 0 heterocycles. The molecule has 4 atom stereocenters. The second-order valence-electron chi connectivity index (χ2n) is 10.3. The second kappa shape index (κ2) is 17.5. The number of thioether (sulfide) groups is 1. The molecule has 0 radical (unpaired) electrons. The Bertz CT molecular complexity index is 1190. The zero-order chi connectivity index (χ0) is 31.2. The SMILES string of the molecule is CCCN(CCC)C(=O)c1cc(C(N)=O)cc(C(=O)NC(Cc2ccccc2)C(O)C(O)C(CCSC)NC(C)=O)c1. The van der Waals surface area contributed by atoms with Crippen molar-refractivity contribution >= 4 is 35.4 Å². The molecule has 0 aliphatic carbocycles. The average molecular weight is 601 g/mol. The fourth-order valence-corrected chi connectivity index (χ4v) is 5.24. The summed E-state index contributed by atoms with van der Waals surface area (Å²) in [7, 11) is 0. The molecular formula is C31H44N4O6S. The van der Waals surface area contributed by atoms with Gasteiger partial charge in [-0.15, -0.1) is 0 Å². The van der Waals surface area contributed by atoms with E-state index in [0.29, 0.717) is 25.3 Å². The molecule has 2 aromatic carbocycles. The highest BCUT2D eigenvalue weighted by Gasteiger charge is 2.34. The van der Waals surface area contributed by atoms with Gasteiger partial charge in [0.25, 0.3) is 11.8 Å². The van der Waals surface area contributed by atoms with Crippen molar-refractivity contribution in [2.75, 3.05) is 25.1 Å². The van der Waals surface area contributed by atoms with Crippen LogP contribution in [0.2, 0.25) is 0 Å². The fraction of sp³-hybridized carbons (Fsp3) is 0.484. The summed E-state index contributed by atoms with van der Waals surface area (Å²) < 4.78 is 0. The molecule has 4 unspecified atom stereocenters. The Kier molecular flexibility index (Phi) is 14.5. The fourth-order valence-electron chi connectivity index (χ4n) is 4.75. The minimum Gasteiger partial charge on any atom is -0.388 e. The van der Waals surface area contributed by atoms with Gasteiger partial charge in [-0.05, 0) is 61.5 Å². The number of carbonyl (C=O) groups excluding carboxylic acids is 4. The number of hydrogen-bond acceptors (Lipinski definition) is 7. The first-order valence-electron chi connectivity index (χ1n) is 14.2. The van der Waals surface area contributed by atoms with Crippen LogP contribution in [0.5, 0.6) is 0 Å². The molecule has 4 amide bonds. The molecule has 0 aliphatic heterocycles. The normalized spacial score (nSPS) is 13.9. The van der Waals surface area contributed by atoms with Crippen molar-refractivity contribution in [3.05, 3.63) is 70.8 Å². The van der Waals surface area contributed by atoms with Gasteiger partial charge in [-0.1, -0.05) is 44.2 Å². The van der Waals surface area contributed by atoms with E-state index in [9.17, 15) is 29.4 Å². The highest BCUT2D eigenvalue weighted by atomic mass is 32.2.